The van der Waals surface area contributed by atoms with Crippen LogP contribution in [0.5, 0.6) is 11.5 Å². The highest BCUT2D eigenvalue weighted by molar-refractivity contribution is 6.32. The molecule has 0 aromatic heterocycles. The molecule has 0 saturated heterocycles. The lowest BCUT2D eigenvalue weighted by Gasteiger charge is -2.12. The van der Waals surface area contributed by atoms with Gasteiger partial charge in [0.05, 0.1) is 25.8 Å². The van der Waals surface area contributed by atoms with Crippen molar-refractivity contribution in [2.75, 3.05) is 27.3 Å². The van der Waals surface area contributed by atoms with Crippen LogP contribution in [0, 0.1) is 0 Å². The first-order valence-electron chi connectivity index (χ1n) is 6.00. The van der Waals surface area contributed by atoms with E-state index in [1.54, 1.807) is 13.2 Å². The molecule has 1 aromatic carbocycles. The SMILES string of the molecule is CCNC(=O)CNCc1cc(Cl)c(OC)c(OC)c1. The van der Waals surface area contributed by atoms with E-state index in [-0.39, 0.29) is 12.5 Å². The Morgan fingerprint density at radius 1 is 1.32 bits per heavy atom. The minimum absolute atomic E-state index is 0.0333. The van der Waals surface area contributed by atoms with Gasteiger partial charge in [0.2, 0.25) is 5.91 Å². The molecule has 2 N–H and O–H groups in total. The second kappa shape index (κ2) is 7.86. The quantitative estimate of drug-likeness (QED) is 0.799. The molecule has 106 valence electrons. The third-order valence-electron chi connectivity index (χ3n) is 2.48. The molecule has 0 atom stereocenters. The number of nitrogens with one attached hydrogen (secondary N) is 2. The Balaban J connectivity index is 2.64. The number of methoxy groups -OCH3 is 2. The standard InChI is InChI=1S/C13H19ClN2O3/c1-4-16-12(17)8-15-7-9-5-10(14)13(19-3)11(6-9)18-2/h5-6,15H,4,7-8H2,1-3H3,(H,16,17). The average Bonchev–Trinajstić information content (AvgIpc) is 2.38. The predicted molar refractivity (Wildman–Crippen MR) is 74.9 cm³/mol. The van der Waals surface area contributed by atoms with Gasteiger partial charge in [-0.2, -0.15) is 0 Å². The maximum absolute atomic E-state index is 11.3. The molecule has 0 heterocycles. The number of rotatable bonds is 7. The summed E-state index contributed by atoms with van der Waals surface area (Å²) in [6, 6.07) is 3.61. The Labute approximate surface area is 118 Å². The Morgan fingerprint density at radius 2 is 2.05 bits per heavy atom. The predicted octanol–water partition coefficient (Wildman–Crippen LogP) is 1.58. The van der Waals surface area contributed by atoms with Crippen LogP contribution in [0.4, 0.5) is 0 Å². The summed E-state index contributed by atoms with van der Waals surface area (Å²) in [5, 5.41) is 6.23. The van der Waals surface area contributed by atoms with Crippen molar-refractivity contribution in [2.45, 2.75) is 13.5 Å². The van der Waals surface area contributed by atoms with E-state index in [0.29, 0.717) is 29.6 Å². The molecular weight excluding hydrogens is 268 g/mol. The van der Waals surface area contributed by atoms with Crippen molar-refractivity contribution in [3.63, 3.8) is 0 Å². The van der Waals surface area contributed by atoms with Crippen molar-refractivity contribution in [3.8, 4) is 11.5 Å². The third kappa shape index (κ3) is 4.61. The van der Waals surface area contributed by atoms with E-state index in [1.165, 1.54) is 7.11 Å². The van der Waals surface area contributed by atoms with Crippen LogP contribution >= 0.6 is 11.6 Å². The molecule has 1 amide bonds. The van der Waals surface area contributed by atoms with Gasteiger partial charge in [0, 0.05) is 13.1 Å². The first kappa shape index (κ1) is 15.6. The van der Waals surface area contributed by atoms with Gasteiger partial charge in [0.1, 0.15) is 0 Å². The first-order chi connectivity index (χ1) is 9.12. The van der Waals surface area contributed by atoms with Crippen LogP contribution in [0.1, 0.15) is 12.5 Å². The van der Waals surface area contributed by atoms with Gasteiger partial charge in [-0.15, -0.1) is 0 Å². The van der Waals surface area contributed by atoms with E-state index >= 15 is 0 Å². The number of amides is 1. The van der Waals surface area contributed by atoms with Crippen LogP contribution in [0.25, 0.3) is 0 Å². The molecule has 0 unspecified atom stereocenters. The van der Waals surface area contributed by atoms with Crippen molar-refractivity contribution in [1.82, 2.24) is 10.6 Å². The van der Waals surface area contributed by atoms with Crippen molar-refractivity contribution in [1.29, 1.82) is 0 Å². The Hall–Kier alpha value is -1.46. The number of hydrogen-bond donors (Lipinski definition) is 2. The van der Waals surface area contributed by atoms with Crippen molar-refractivity contribution < 1.29 is 14.3 Å². The van der Waals surface area contributed by atoms with Gasteiger partial charge in [0.25, 0.3) is 0 Å². The molecule has 0 saturated carbocycles. The summed E-state index contributed by atoms with van der Waals surface area (Å²) >= 11 is 6.09. The molecule has 0 fully saturated rings. The molecule has 0 aliphatic carbocycles. The minimum Gasteiger partial charge on any atom is -0.493 e. The van der Waals surface area contributed by atoms with Gasteiger partial charge in [-0.3, -0.25) is 4.79 Å². The van der Waals surface area contributed by atoms with Crippen molar-refractivity contribution >= 4 is 17.5 Å². The van der Waals surface area contributed by atoms with Crippen LogP contribution in [-0.4, -0.2) is 33.2 Å². The van der Waals surface area contributed by atoms with Crippen LogP contribution in [0.2, 0.25) is 5.02 Å². The van der Waals surface area contributed by atoms with Gasteiger partial charge in [0.15, 0.2) is 11.5 Å². The number of likely N-dealkylation sites (N-methyl/N-ethyl adjacent to an activating group) is 1. The highest BCUT2D eigenvalue weighted by Gasteiger charge is 2.10. The summed E-state index contributed by atoms with van der Waals surface area (Å²) in [4.78, 5) is 11.3. The number of halogens is 1. The molecular formula is C13H19ClN2O3. The zero-order chi connectivity index (χ0) is 14.3. The number of carbonyl (C=O) groups excluding carboxylic acids is 1. The fourth-order valence-electron chi connectivity index (χ4n) is 1.65. The maximum Gasteiger partial charge on any atom is 0.233 e. The van der Waals surface area contributed by atoms with Gasteiger partial charge >= 0.3 is 0 Å². The van der Waals surface area contributed by atoms with E-state index in [0.717, 1.165) is 5.56 Å². The molecule has 1 rings (SSSR count). The summed E-state index contributed by atoms with van der Waals surface area (Å²) in [7, 11) is 3.09. The maximum atomic E-state index is 11.3. The van der Waals surface area contributed by atoms with Crippen molar-refractivity contribution in [3.05, 3.63) is 22.7 Å². The van der Waals surface area contributed by atoms with Crippen molar-refractivity contribution in [2.24, 2.45) is 0 Å². The fraction of sp³-hybridized carbons (Fsp3) is 0.462. The number of hydrogen-bond acceptors (Lipinski definition) is 4. The summed E-state index contributed by atoms with van der Waals surface area (Å²) in [6.07, 6.45) is 0. The van der Waals surface area contributed by atoms with Gasteiger partial charge < -0.3 is 20.1 Å². The average molecular weight is 287 g/mol. The van der Waals surface area contributed by atoms with E-state index in [9.17, 15) is 4.79 Å². The summed E-state index contributed by atoms with van der Waals surface area (Å²) in [6.45, 7) is 3.30. The van der Waals surface area contributed by atoms with E-state index in [1.807, 2.05) is 13.0 Å². The molecule has 0 bridgehead atoms. The third-order valence-corrected chi connectivity index (χ3v) is 2.76. The monoisotopic (exact) mass is 286 g/mol. The first-order valence-corrected chi connectivity index (χ1v) is 6.38. The highest BCUT2D eigenvalue weighted by atomic mass is 35.5. The number of carbonyl (C=O) groups is 1. The van der Waals surface area contributed by atoms with Crippen LogP contribution < -0.4 is 20.1 Å². The topological polar surface area (TPSA) is 59.6 Å². The minimum atomic E-state index is -0.0333. The van der Waals surface area contributed by atoms with E-state index < -0.39 is 0 Å². The molecule has 19 heavy (non-hydrogen) atoms. The highest BCUT2D eigenvalue weighted by Crippen LogP contribution is 2.35. The molecule has 5 nitrogen and oxygen atoms in total. The Morgan fingerprint density at radius 3 is 2.63 bits per heavy atom. The molecule has 0 aliphatic rings. The molecule has 6 heteroatoms. The molecule has 0 aliphatic heterocycles. The van der Waals surface area contributed by atoms with Crippen LogP contribution in [0.15, 0.2) is 12.1 Å². The van der Waals surface area contributed by atoms with Gasteiger partial charge in [-0.25, -0.2) is 0 Å². The fourth-order valence-corrected chi connectivity index (χ4v) is 1.96. The molecule has 0 spiro atoms. The lowest BCUT2D eigenvalue weighted by atomic mass is 10.2. The van der Waals surface area contributed by atoms with Crippen LogP contribution in [0.3, 0.4) is 0 Å². The van der Waals surface area contributed by atoms with E-state index in [2.05, 4.69) is 10.6 Å². The van der Waals surface area contributed by atoms with Gasteiger partial charge in [-0.05, 0) is 24.6 Å². The zero-order valence-corrected chi connectivity index (χ0v) is 12.1. The van der Waals surface area contributed by atoms with E-state index in [4.69, 9.17) is 21.1 Å². The summed E-state index contributed by atoms with van der Waals surface area (Å²) < 4.78 is 10.4. The smallest absolute Gasteiger partial charge is 0.233 e. The molecule has 0 radical (unpaired) electrons. The lowest BCUT2D eigenvalue weighted by molar-refractivity contribution is -0.120. The second-order valence-electron chi connectivity index (χ2n) is 3.87. The van der Waals surface area contributed by atoms with Crippen LogP contribution in [-0.2, 0) is 11.3 Å². The Bertz CT molecular complexity index is 438. The Kier molecular flexibility index (Phi) is 6.45. The lowest BCUT2D eigenvalue weighted by Crippen LogP contribution is -2.33. The van der Waals surface area contributed by atoms with Gasteiger partial charge in [-0.1, -0.05) is 11.6 Å². The normalized spacial score (nSPS) is 10.1. The second-order valence-corrected chi connectivity index (χ2v) is 4.28. The largest absolute Gasteiger partial charge is 0.493 e. The summed E-state index contributed by atoms with van der Waals surface area (Å²) in [5.74, 6) is 1.05. The summed E-state index contributed by atoms with van der Waals surface area (Å²) in [5.41, 5.74) is 0.923. The number of ether oxygens (including phenoxy) is 2. The molecule has 1 aromatic rings. The number of benzene rings is 1. The zero-order valence-electron chi connectivity index (χ0n) is 11.4.